The number of ether oxygens (including phenoxy) is 1. The summed E-state index contributed by atoms with van der Waals surface area (Å²) in [5.41, 5.74) is 2.69. The lowest BCUT2D eigenvalue weighted by Gasteiger charge is -2.16. The van der Waals surface area contributed by atoms with Crippen LogP contribution in [0.5, 0.6) is 0 Å². The Bertz CT molecular complexity index is 1230. The largest absolute Gasteiger partial charge is 0.376 e. The highest BCUT2D eigenvalue weighted by atomic mass is 32.2. The number of nitrogens with zero attached hydrogens (tertiary/aromatic N) is 3. The van der Waals surface area contributed by atoms with Gasteiger partial charge in [0.25, 0.3) is 5.56 Å². The van der Waals surface area contributed by atoms with Crippen LogP contribution in [0.4, 0.5) is 10.8 Å². The fourth-order valence-electron chi connectivity index (χ4n) is 3.62. The summed E-state index contributed by atoms with van der Waals surface area (Å²) in [5, 5.41) is 7.58. The Balaban J connectivity index is 1.37. The monoisotopic (exact) mass is 450 g/mol. The number of aromatic nitrogens is 3. The first kappa shape index (κ1) is 20.2. The number of nitrogens with one attached hydrogen (secondary N) is 1. The topological polar surface area (TPSA) is 69.0 Å². The van der Waals surface area contributed by atoms with Gasteiger partial charge in [0.2, 0.25) is 0 Å². The van der Waals surface area contributed by atoms with Crippen LogP contribution in [0.25, 0.3) is 10.9 Å². The third-order valence-electron chi connectivity index (χ3n) is 5.16. The Morgan fingerprint density at radius 2 is 1.97 bits per heavy atom. The first-order valence-electron chi connectivity index (χ1n) is 10.3. The SMILES string of the molecule is O=c1c2ccccc2nc(SCc2csc(Nc3ccccc3)n2)n1CC1CCCO1. The van der Waals surface area contributed by atoms with Crippen LogP contribution in [0.3, 0.4) is 0 Å². The molecule has 1 unspecified atom stereocenters. The van der Waals surface area contributed by atoms with Gasteiger partial charge in [0.15, 0.2) is 10.3 Å². The molecule has 31 heavy (non-hydrogen) atoms. The van der Waals surface area contributed by atoms with Crippen molar-refractivity contribution in [2.45, 2.75) is 36.4 Å². The fourth-order valence-corrected chi connectivity index (χ4v) is 5.36. The van der Waals surface area contributed by atoms with E-state index in [2.05, 4.69) is 10.3 Å². The van der Waals surface area contributed by atoms with Gasteiger partial charge in [0, 0.05) is 23.4 Å². The molecule has 158 valence electrons. The average molecular weight is 451 g/mol. The molecule has 1 saturated heterocycles. The molecule has 2 aromatic carbocycles. The number of anilines is 2. The lowest BCUT2D eigenvalue weighted by Crippen LogP contribution is -2.28. The molecule has 0 spiro atoms. The molecular weight excluding hydrogens is 428 g/mol. The Morgan fingerprint density at radius 3 is 2.81 bits per heavy atom. The van der Waals surface area contributed by atoms with Gasteiger partial charge in [0.1, 0.15) is 0 Å². The lowest BCUT2D eigenvalue weighted by atomic mass is 10.2. The van der Waals surface area contributed by atoms with Gasteiger partial charge in [-0.15, -0.1) is 11.3 Å². The van der Waals surface area contributed by atoms with E-state index in [1.54, 1.807) is 27.7 Å². The molecule has 1 aliphatic heterocycles. The molecule has 0 amide bonds. The Labute approximate surface area is 188 Å². The van der Waals surface area contributed by atoms with E-state index in [-0.39, 0.29) is 11.7 Å². The average Bonchev–Trinajstić information content (AvgIpc) is 3.47. The summed E-state index contributed by atoms with van der Waals surface area (Å²) in [4.78, 5) is 22.7. The predicted octanol–water partition coefficient (Wildman–Crippen LogP) is 5.07. The number of thioether (sulfide) groups is 1. The van der Waals surface area contributed by atoms with Gasteiger partial charge in [-0.25, -0.2) is 9.97 Å². The normalized spacial score (nSPS) is 16.1. The van der Waals surface area contributed by atoms with E-state index >= 15 is 0 Å². The quantitative estimate of drug-likeness (QED) is 0.313. The highest BCUT2D eigenvalue weighted by Crippen LogP contribution is 2.27. The van der Waals surface area contributed by atoms with E-state index < -0.39 is 0 Å². The molecule has 1 fully saturated rings. The number of para-hydroxylation sites is 2. The smallest absolute Gasteiger partial charge is 0.262 e. The summed E-state index contributed by atoms with van der Waals surface area (Å²) in [5.74, 6) is 0.642. The van der Waals surface area contributed by atoms with E-state index in [9.17, 15) is 4.79 Å². The molecule has 6 nitrogen and oxygen atoms in total. The molecule has 0 radical (unpaired) electrons. The molecule has 0 bridgehead atoms. The summed E-state index contributed by atoms with van der Waals surface area (Å²) in [7, 11) is 0. The van der Waals surface area contributed by atoms with Crippen LogP contribution in [0.1, 0.15) is 18.5 Å². The number of hydrogen-bond donors (Lipinski definition) is 1. The number of fused-ring (bicyclic) bond motifs is 1. The molecule has 3 heterocycles. The van der Waals surface area contributed by atoms with E-state index in [0.717, 1.165) is 41.5 Å². The van der Waals surface area contributed by atoms with Crippen molar-refractivity contribution in [3.05, 3.63) is 76.0 Å². The Kier molecular flexibility index (Phi) is 6.01. The Hall–Kier alpha value is -2.68. The van der Waals surface area contributed by atoms with Gasteiger partial charge in [-0.1, -0.05) is 42.1 Å². The van der Waals surface area contributed by atoms with Crippen molar-refractivity contribution in [1.29, 1.82) is 0 Å². The van der Waals surface area contributed by atoms with Crippen LogP contribution in [0.15, 0.2) is 69.9 Å². The van der Waals surface area contributed by atoms with Crippen LogP contribution in [0.2, 0.25) is 0 Å². The zero-order chi connectivity index (χ0) is 21.0. The predicted molar refractivity (Wildman–Crippen MR) is 126 cm³/mol. The molecule has 2 aromatic heterocycles. The third kappa shape index (κ3) is 4.66. The van der Waals surface area contributed by atoms with Gasteiger partial charge in [-0.3, -0.25) is 9.36 Å². The molecule has 1 N–H and O–H groups in total. The summed E-state index contributed by atoms with van der Waals surface area (Å²) in [6, 6.07) is 17.5. The highest BCUT2D eigenvalue weighted by molar-refractivity contribution is 7.98. The van der Waals surface area contributed by atoms with Crippen molar-refractivity contribution in [3.63, 3.8) is 0 Å². The minimum atomic E-state index is -0.00619. The van der Waals surface area contributed by atoms with Crippen LogP contribution >= 0.6 is 23.1 Å². The van der Waals surface area contributed by atoms with E-state index in [4.69, 9.17) is 9.72 Å². The molecule has 8 heteroatoms. The zero-order valence-corrected chi connectivity index (χ0v) is 18.5. The maximum atomic E-state index is 13.2. The first-order valence-corrected chi connectivity index (χ1v) is 12.1. The number of benzene rings is 2. The summed E-state index contributed by atoms with van der Waals surface area (Å²) in [6.07, 6.45) is 2.09. The molecule has 0 saturated carbocycles. The second-order valence-electron chi connectivity index (χ2n) is 7.39. The van der Waals surface area contributed by atoms with Gasteiger partial charge in [0.05, 0.1) is 29.2 Å². The van der Waals surface area contributed by atoms with Crippen LogP contribution in [-0.2, 0) is 17.0 Å². The standard InChI is InChI=1S/C23H22N4O2S2/c28-21-19-10-4-5-11-20(19)26-23(27(21)13-18-9-6-12-29-18)31-15-17-14-30-22(25-17)24-16-7-2-1-3-8-16/h1-5,7-8,10-11,14,18H,6,9,12-13,15H2,(H,24,25). The molecule has 5 rings (SSSR count). The Morgan fingerprint density at radius 1 is 1.13 bits per heavy atom. The first-order chi connectivity index (χ1) is 15.3. The molecule has 1 aliphatic rings. The molecule has 4 aromatic rings. The maximum Gasteiger partial charge on any atom is 0.262 e. The number of thiazole rings is 1. The summed E-state index contributed by atoms with van der Waals surface area (Å²) < 4.78 is 7.56. The van der Waals surface area contributed by atoms with Crippen LogP contribution < -0.4 is 10.9 Å². The van der Waals surface area contributed by atoms with Gasteiger partial charge >= 0.3 is 0 Å². The van der Waals surface area contributed by atoms with E-state index in [0.29, 0.717) is 22.8 Å². The number of hydrogen-bond acceptors (Lipinski definition) is 7. The second kappa shape index (κ2) is 9.21. The van der Waals surface area contributed by atoms with Crippen molar-refractivity contribution in [1.82, 2.24) is 14.5 Å². The van der Waals surface area contributed by atoms with Crippen molar-refractivity contribution in [2.75, 3.05) is 11.9 Å². The minimum Gasteiger partial charge on any atom is -0.376 e. The second-order valence-corrected chi connectivity index (χ2v) is 9.19. The summed E-state index contributed by atoms with van der Waals surface area (Å²) >= 11 is 3.12. The van der Waals surface area contributed by atoms with Gasteiger partial charge in [-0.05, 0) is 37.1 Å². The molecule has 1 atom stereocenters. The van der Waals surface area contributed by atoms with Gasteiger partial charge in [-0.2, -0.15) is 0 Å². The van der Waals surface area contributed by atoms with E-state index in [1.165, 1.54) is 0 Å². The fraction of sp³-hybridized carbons (Fsp3) is 0.261. The number of rotatable bonds is 7. The van der Waals surface area contributed by atoms with Crippen molar-refractivity contribution < 1.29 is 4.74 Å². The van der Waals surface area contributed by atoms with Crippen molar-refractivity contribution in [2.24, 2.45) is 0 Å². The van der Waals surface area contributed by atoms with Crippen molar-refractivity contribution in [3.8, 4) is 0 Å². The van der Waals surface area contributed by atoms with Crippen LogP contribution in [0, 0.1) is 0 Å². The minimum absolute atomic E-state index is 0.00619. The van der Waals surface area contributed by atoms with Gasteiger partial charge < -0.3 is 10.1 Å². The lowest BCUT2D eigenvalue weighted by molar-refractivity contribution is 0.0937. The third-order valence-corrected chi connectivity index (χ3v) is 6.98. The molecule has 0 aliphatic carbocycles. The summed E-state index contributed by atoms with van der Waals surface area (Å²) in [6.45, 7) is 1.30. The van der Waals surface area contributed by atoms with E-state index in [1.807, 2.05) is 60.0 Å². The van der Waals surface area contributed by atoms with Crippen molar-refractivity contribution >= 4 is 44.8 Å². The molecular formula is C23H22N4O2S2. The zero-order valence-electron chi connectivity index (χ0n) is 16.9. The highest BCUT2D eigenvalue weighted by Gasteiger charge is 2.20. The maximum absolute atomic E-state index is 13.2. The van der Waals surface area contributed by atoms with Crippen LogP contribution in [-0.4, -0.2) is 27.2 Å².